The van der Waals surface area contributed by atoms with E-state index in [1.54, 1.807) is 0 Å². The zero-order valence-electron chi connectivity index (χ0n) is 8.74. The maximum Gasteiger partial charge on any atom is 0.0588 e. The Bertz CT molecular complexity index is 260. The van der Waals surface area contributed by atoms with Crippen molar-refractivity contribution in [2.45, 2.75) is 32.2 Å². The maximum absolute atomic E-state index is 5.94. The largest absolute Gasteiger partial charge is 0.272 e. The summed E-state index contributed by atoms with van der Waals surface area (Å²) in [6.45, 7) is 5.15. The van der Waals surface area contributed by atoms with Gasteiger partial charge in [0.2, 0.25) is 0 Å². The third-order valence-electron chi connectivity index (χ3n) is 1.99. The van der Waals surface area contributed by atoms with Gasteiger partial charge in [0.1, 0.15) is 0 Å². The molecule has 1 rings (SSSR count). The second-order valence-corrected chi connectivity index (χ2v) is 5.25. The summed E-state index contributed by atoms with van der Waals surface area (Å²) in [4.78, 5) is 0. The number of aryl methyl sites for hydroxylation is 1. The van der Waals surface area contributed by atoms with E-state index in [1.807, 2.05) is 35.8 Å². The van der Waals surface area contributed by atoms with Crippen LogP contribution in [0.25, 0.3) is 0 Å². The number of thioether (sulfide) groups is 1. The Morgan fingerprint density at radius 3 is 3.00 bits per heavy atom. The minimum absolute atomic E-state index is 0.0637. The van der Waals surface area contributed by atoms with Crippen molar-refractivity contribution in [2.24, 2.45) is 0 Å². The Labute approximate surface area is 95.0 Å². The van der Waals surface area contributed by atoms with Gasteiger partial charge in [-0.3, -0.25) is 4.68 Å². The molecule has 0 aromatic carbocycles. The van der Waals surface area contributed by atoms with E-state index >= 15 is 0 Å². The van der Waals surface area contributed by atoms with Crippen LogP contribution >= 0.6 is 23.4 Å². The average molecular weight is 233 g/mol. The zero-order chi connectivity index (χ0) is 10.4. The van der Waals surface area contributed by atoms with E-state index < -0.39 is 0 Å². The first-order chi connectivity index (χ1) is 6.74. The lowest BCUT2D eigenvalue weighted by Gasteiger charge is -2.00. The van der Waals surface area contributed by atoms with E-state index in [1.165, 1.54) is 17.9 Å². The summed E-state index contributed by atoms with van der Waals surface area (Å²) in [5, 5.41) is 4.32. The van der Waals surface area contributed by atoms with Crippen molar-refractivity contribution in [1.82, 2.24) is 9.78 Å². The standard InChI is InChI=1S/C10H17ClN2S/c1-3-14-6-4-5-13-8-10(7-12-13)9(2)11/h7-9H,3-6H2,1-2H3. The van der Waals surface area contributed by atoms with Crippen LogP contribution in [0.4, 0.5) is 0 Å². The first-order valence-electron chi connectivity index (χ1n) is 4.98. The molecule has 0 aliphatic rings. The summed E-state index contributed by atoms with van der Waals surface area (Å²) >= 11 is 7.92. The average Bonchev–Trinajstić information content (AvgIpc) is 2.61. The summed E-state index contributed by atoms with van der Waals surface area (Å²) in [5.41, 5.74) is 1.11. The maximum atomic E-state index is 5.94. The quantitative estimate of drug-likeness (QED) is 0.553. The van der Waals surface area contributed by atoms with Gasteiger partial charge in [-0.1, -0.05) is 6.92 Å². The third-order valence-corrected chi connectivity index (χ3v) is 3.23. The third kappa shape index (κ3) is 3.93. The van der Waals surface area contributed by atoms with Gasteiger partial charge in [-0.25, -0.2) is 0 Å². The molecule has 0 N–H and O–H groups in total. The van der Waals surface area contributed by atoms with Crippen LogP contribution < -0.4 is 0 Å². The predicted molar refractivity (Wildman–Crippen MR) is 64.1 cm³/mol. The van der Waals surface area contributed by atoms with Crippen molar-refractivity contribution in [1.29, 1.82) is 0 Å². The Morgan fingerprint density at radius 1 is 1.64 bits per heavy atom. The second kappa shape index (κ2) is 6.36. The highest BCUT2D eigenvalue weighted by Crippen LogP contribution is 2.17. The number of rotatable bonds is 6. The van der Waals surface area contributed by atoms with Gasteiger partial charge < -0.3 is 0 Å². The lowest BCUT2D eigenvalue weighted by molar-refractivity contribution is 0.605. The van der Waals surface area contributed by atoms with Crippen LogP contribution in [0.5, 0.6) is 0 Å². The van der Waals surface area contributed by atoms with Crippen molar-refractivity contribution in [2.75, 3.05) is 11.5 Å². The molecule has 0 saturated carbocycles. The summed E-state index contributed by atoms with van der Waals surface area (Å²) in [6.07, 6.45) is 5.06. The van der Waals surface area contributed by atoms with Gasteiger partial charge in [0, 0.05) is 18.3 Å². The molecule has 0 aliphatic carbocycles. The number of aromatic nitrogens is 2. The topological polar surface area (TPSA) is 17.8 Å². The molecule has 0 spiro atoms. The van der Waals surface area contributed by atoms with Gasteiger partial charge in [0.25, 0.3) is 0 Å². The normalized spacial score (nSPS) is 13.1. The lowest BCUT2D eigenvalue weighted by atomic mass is 10.3. The van der Waals surface area contributed by atoms with Crippen LogP contribution in [0, 0.1) is 0 Å². The van der Waals surface area contributed by atoms with Crippen LogP contribution in [-0.4, -0.2) is 21.3 Å². The zero-order valence-corrected chi connectivity index (χ0v) is 10.3. The molecule has 1 aromatic rings. The highest BCUT2D eigenvalue weighted by molar-refractivity contribution is 7.99. The highest BCUT2D eigenvalue weighted by atomic mass is 35.5. The number of nitrogens with zero attached hydrogens (tertiary/aromatic N) is 2. The minimum atomic E-state index is 0.0637. The Morgan fingerprint density at radius 2 is 2.43 bits per heavy atom. The molecular weight excluding hydrogens is 216 g/mol. The van der Waals surface area contributed by atoms with Crippen molar-refractivity contribution in [3.8, 4) is 0 Å². The van der Waals surface area contributed by atoms with E-state index in [-0.39, 0.29) is 5.38 Å². The smallest absolute Gasteiger partial charge is 0.0588 e. The molecule has 80 valence electrons. The minimum Gasteiger partial charge on any atom is -0.272 e. The number of hydrogen-bond donors (Lipinski definition) is 0. The summed E-state index contributed by atoms with van der Waals surface area (Å²) < 4.78 is 1.98. The second-order valence-electron chi connectivity index (χ2n) is 3.20. The van der Waals surface area contributed by atoms with Crippen LogP contribution in [0.3, 0.4) is 0 Å². The van der Waals surface area contributed by atoms with Crippen molar-refractivity contribution in [3.63, 3.8) is 0 Å². The van der Waals surface area contributed by atoms with Crippen LogP contribution in [0.15, 0.2) is 12.4 Å². The fourth-order valence-corrected chi connectivity index (χ4v) is 1.91. The molecule has 1 heterocycles. The summed E-state index contributed by atoms with van der Waals surface area (Å²) in [7, 11) is 0. The van der Waals surface area contributed by atoms with Crippen LogP contribution in [0.1, 0.15) is 31.2 Å². The molecule has 0 amide bonds. The van der Waals surface area contributed by atoms with Gasteiger partial charge in [-0.2, -0.15) is 16.9 Å². The molecule has 0 radical (unpaired) electrons. The van der Waals surface area contributed by atoms with Gasteiger partial charge in [0.15, 0.2) is 0 Å². The monoisotopic (exact) mass is 232 g/mol. The van der Waals surface area contributed by atoms with E-state index in [4.69, 9.17) is 11.6 Å². The van der Waals surface area contributed by atoms with E-state index in [0.29, 0.717) is 0 Å². The van der Waals surface area contributed by atoms with Gasteiger partial charge >= 0.3 is 0 Å². The van der Waals surface area contributed by atoms with Crippen molar-refractivity contribution < 1.29 is 0 Å². The van der Waals surface area contributed by atoms with E-state index in [2.05, 4.69) is 12.0 Å². The summed E-state index contributed by atoms with van der Waals surface area (Å²) in [6, 6.07) is 0. The molecule has 14 heavy (non-hydrogen) atoms. The number of alkyl halides is 1. The SMILES string of the molecule is CCSCCCn1cc(C(C)Cl)cn1. The van der Waals surface area contributed by atoms with Gasteiger partial charge in [-0.05, 0) is 24.9 Å². The van der Waals surface area contributed by atoms with Gasteiger partial charge in [-0.15, -0.1) is 11.6 Å². The van der Waals surface area contributed by atoms with Gasteiger partial charge in [0.05, 0.1) is 11.6 Å². The Hall–Kier alpha value is -0.150. The first-order valence-corrected chi connectivity index (χ1v) is 6.57. The van der Waals surface area contributed by atoms with Crippen LogP contribution in [0.2, 0.25) is 0 Å². The Balaban J connectivity index is 2.29. The molecule has 2 nitrogen and oxygen atoms in total. The van der Waals surface area contributed by atoms with Crippen molar-refractivity contribution in [3.05, 3.63) is 18.0 Å². The first kappa shape index (κ1) is 11.9. The molecule has 0 bridgehead atoms. The van der Waals surface area contributed by atoms with E-state index in [0.717, 1.165) is 12.1 Å². The molecular formula is C10H17ClN2S. The number of hydrogen-bond acceptors (Lipinski definition) is 2. The molecule has 1 atom stereocenters. The molecule has 0 saturated heterocycles. The molecule has 0 fully saturated rings. The summed E-state index contributed by atoms with van der Waals surface area (Å²) in [5.74, 6) is 2.41. The lowest BCUT2D eigenvalue weighted by Crippen LogP contribution is -1.99. The van der Waals surface area contributed by atoms with Crippen molar-refractivity contribution >= 4 is 23.4 Å². The molecule has 0 aliphatic heterocycles. The van der Waals surface area contributed by atoms with Crippen LogP contribution in [-0.2, 0) is 6.54 Å². The van der Waals surface area contributed by atoms with E-state index in [9.17, 15) is 0 Å². The molecule has 1 unspecified atom stereocenters. The predicted octanol–water partition coefficient (Wildman–Crippen LogP) is 3.33. The molecule has 1 aromatic heterocycles. The molecule has 4 heteroatoms. The fourth-order valence-electron chi connectivity index (χ4n) is 1.18. The Kier molecular flexibility index (Phi) is 5.41. The highest BCUT2D eigenvalue weighted by Gasteiger charge is 2.03. The fraction of sp³-hybridized carbons (Fsp3) is 0.700. The number of halogens is 1.